The molecule has 0 aromatic heterocycles. The van der Waals surface area contributed by atoms with Gasteiger partial charge in [0, 0.05) is 37.0 Å². The Morgan fingerprint density at radius 3 is 3.05 bits per heavy atom. The predicted octanol–water partition coefficient (Wildman–Crippen LogP) is 2.62. The van der Waals surface area contributed by atoms with Gasteiger partial charge in [0.2, 0.25) is 0 Å². The van der Waals surface area contributed by atoms with Crippen LogP contribution in [-0.4, -0.2) is 42.2 Å². The SMILES string of the molecule is CCNc1ccc(Cl)cc1C(=O)N1CCC(CCO)C1. The first kappa shape index (κ1) is 15.1. The largest absolute Gasteiger partial charge is 0.396 e. The summed E-state index contributed by atoms with van der Waals surface area (Å²) >= 11 is 6.01. The molecule has 0 bridgehead atoms. The Morgan fingerprint density at radius 1 is 1.55 bits per heavy atom. The van der Waals surface area contributed by atoms with E-state index < -0.39 is 0 Å². The topological polar surface area (TPSA) is 52.6 Å². The smallest absolute Gasteiger partial charge is 0.256 e. The fourth-order valence-corrected chi connectivity index (χ4v) is 2.82. The van der Waals surface area contributed by atoms with Gasteiger partial charge in [-0.05, 0) is 43.9 Å². The first-order valence-electron chi connectivity index (χ1n) is 7.09. The van der Waals surface area contributed by atoms with Crippen molar-refractivity contribution in [2.45, 2.75) is 19.8 Å². The van der Waals surface area contributed by atoms with Crippen LogP contribution in [0.2, 0.25) is 5.02 Å². The molecule has 1 aromatic rings. The van der Waals surface area contributed by atoms with Crippen LogP contribution in [0.15, 0.2) is 18.2 Å². The Bertz CT molecular complexity index is 479. The molecule has 0 saturated carbocycles. The second-order valence-corrected chi connectivity index (χ2v) is 5.57. The highest BCUT2D eigenvalue weighted by atomic mass is 35.5. The third-order valence-corrected chi connectivity index (χ3v) is 3.92. The van der Waals surface area contributed by atoms with E-state index >= 15 is 0 Å². The number of hydrogen-bond donors (Lipinski definition) is 2. The van der Waals surface area contributed by atoms with Gasteiger partial charge < -0.3 is 15.3 Å². The second kappa shape index (κ2) is 6.95. The normalized spacial score (nSPS) is 18.4. The molecule has 0 spiro atoms. The second-order valence-electron chi connectivity index (χ2n) is 5.14. The minimum atomic E-state index is 0.0175. The van der Waals surface area contributed by atoms with E-state index in [0.717, 1.165) is 38.2 Å². The van der Waals surface area contributed by atoms with Crippen LogP contribution in [0.4, 0.5) is 5.69 Å². The fraction of sp³-hybridized carbons (Fsp3) is 0.533. The Morgan fingerprint density at radius 2 is 2.35 bits per heavy atom. The van der Waals surface area contributed by atoms with Gasteiger partial charge in [0.1, 0.15) is 0 Å². The highest BCUT2D eigenvalue weighted by Crippen LogP contribution is 2.26. The number of amides is 1. The molecule has 1 unspecified atom stereocenters. The number of aliphatic hydroxyl groups excluding tert-OH is 1. The van der Waals surface area contributed by atoms with Crippen molar-refractivity contribution in [1.82, 2.24) is 4.90 Å². The van der Waals surface area contributed by atoms with Crippen LogP contribution < -0.4 is 5.32 Å². The molecule has 1 aliphatic heterocycles. The molecular formula is C15H21ClN2O2. The maximum atomic E-state index is 12.6. The number of anilines is 1. The molecule has 0 aliphatic carbocycles. The monoisotopic (exact) mass is 296 g/mol. The summed E-state index contributed by atoms with van der Waals surface area (Å²) in [5.74, 6) is 0.426. The van der Waals surface area contributed by atoms with Gasteiger partial charge in [-0.25, -0.2) is 0 Å². The van der Waals surface area contributed by atoms with Crippen molar-refractivity contribution in [1.29, 1.82) is 0 Å². The molecule has 1 heterocycles. The Balaban J connectivity index is 2.14. The molecule has 1 fully saturated rings. The van der Waals surface area contributed by atoms with E-state index in [1.807, 2.05) is 17.9 Å². The lowest BCUT2D eigenvalue weighted by Crippen LogP contribution is -2.29. The highest BCUT2D eigenvalue weighted by Gasteiger charge is 2.27. The lowest BCUT2D eigenvalue weighted by atomic mass is 10.1. The fourth-order valence-electron chi connectivity index (χ4n) is 2.64. The first-order chi connectivity index (χ1) is 9.65. The number of rotatable bonds is 5. The molecule has 110 valence electrons. The van der Waals surface area contributed by atoms with Crippen LogP contribution in [-0.2, 0) is 0 Å². The van der Waals surface area contributed by atoms with Crippen LogP contribution in [0.1, 0.15) is 30.1 Å². The van der Waals surface area contributed by atoms with E-state index in [1.54, 1.807) is 12.1 Å². The molecule has 2 rings (SSSR count). The van der Waals surface area contributed by atoms with Crippen molar-refractivity contribution < 1.29 is 9.90 Å². The average Bonchev–Trinajstić information content (AvgIpc) is 2.89. The molecule has 1 aromatic carbocycles. The van der Waals surface area contributed by atoms with Gasteiger partial charge in [0.25, 0.3) is 5.91 Å². The number of nitrogens with zero attached hydrogens (tertiary/aromatic N) is 1. The van der Waals surface area contributed by atoms with Crippen molar-refractivity contribution in [2.24, 2.45) is 5.92 Å². The van der Waals surface area contributed by atoms with E-state index in [9.17, 15) is 4.79 Å². The van der Waals surface area contributed by atoms with Crippen molar-refractivity contribution in [2.75, 3.05) is 31.6 Å². The summed E-state index contributed by atoms with van der Waals surface area (Å²) in [5, 5.41) is 12.8. The summed E-state index contributed by atoms with van der Waals surface area (Å²) < 4.78 is 0. The summed E-state index contributed by atoms with van der Waals surface area (Å²) in [4.78, 5) is 14.5. The Hall–Kier alpha value is -1.26. The zero-order valence-electron chi connectivity index (χ0n) is 11.7. The van der Waals surface area contributed by atoms with Crippen molar-refractivity contribution in [3.05, 3.63) is 28.8 Å². The third-order valence-electron chi connectivity index (χ3n) is 3.69. The Kier molecular flexibility index (Phi) is 5.26. The van der Waals surface area contributed by atoms with Gasteiger partial charge in [0.15, 0.2) is 0 Å². The molecule has 1 aliphatic rings. The zero-order chi connectivity index (χ0) is 14.5. The number of likely N-dealkylation sites (tertiary alicyclic amines) is 1. The van der Waals surface area contributed by atoms with Gasteiger partial charge in [-0.1, -0.05) is 11.6 Å². The van der Waals surface area contributed by atoms with Gasteiger partial charge >= 0.3 is 0 Å². The summed E-state index contributed by atoms with van der Waals surface area (Å²) in [7, 11) is 0. The van der Waals surface area contributed by atoms with E-state index in [1.165, 1.54) is 0 Å². The predicted molar refractivity (Wildman–Crippen MR) is 81.3 cm³/mol. The third kappa shape index (κ3) is 3.44. The summed E-state index contributed by atoms with van der Waals surface area (Å²) in [6.45, 7) is 4.41. The minimum Gasteiger partial charge on any atom is -0.396 e. The van der Waals surface area contributed by atoms with Crippen LogP contribution in [0.25, 0.3) is 0 Å². The van der Waals surface area contributed by atoms with Crippen molar-refractivity contribution >= 4 is 23.2 Å². The maximum Gasteiger partial charge on any atom is 0.256 e. The highest BCUT2D eigenvalue weighted by molar-refractivity contribution is 6.31. The van der Waals surface area contributed by atoms with Crippen LogP contribution >= 0.6 is 11.6 Å². The molecular weight excluding hydrogens is 276 g/mol. The molecule has 5 heteroatoms. The van der Waals surface area contributed by atoms with Gasteiger partial charge in [-0.2, -0.15) is 0 Å². The quantitative estimate of drug-likeness (QED) is 0.878. The van der Waals surface area contributed by atoms with Crippen molar-refractivity contribution in [3.8, 4) is 0 Å². The van der Waals surface area contributed by atoms with E-state index in [0.29, 0.717) is 16.5 Å². The molecule has 1 amide bonds. The van der Waals surface area contributed by atoms with Gasteiger partial charge in [-0.15, -0.1) is 0 Å². The maximum absolute atomic E-state index is 12.6. The number of nitrogens with one attached hydrogen (secondary N) is 1. The van der Waals surface area contributed by atoms with Gasteiger partial charge in [0.05, 0.1) is 5.56 Å². The molecule has 20 heavy (non-hydrogen) atoms. The summed E-state index contributed by atoms with van der Waals surface area (Å²) in [5.41, 5.74) is 1.46. The molecule has 4 nitrogen and oxygen atoms in total. The Labute approximate surface area is 124 Å². The molecule has 1 saturated heterocycles. The summed E-state index contributed by atoms with van der Waals surface area (Å²) in [6, 6.07) is 5.36. The number of aliphatic hydroxyl groups is 1. The van der Waals surface area contributed by atoms with Crippen LogP contribution in [0, 0.1) is 5.92 Å². The standard InChI is InChI=1S/C15H21ClN2O2/c1-2-17-14-4-3-12(16)9-13(14)15(20)18-7-5-11(10-18)6-8-19/h3-4,9,11,17,19H,2,5-8,10H2,1H3. The van der Waals surface area contributed by atoms with E-state index in [4.69, 9.17) is 16.7 Å². The molecule has 0 radical (unpaired) electrons. The number of halogens is 1. The summed E-state index contributed by atoms with van der Waals surface area (Å²) in [6.07, 6.45) is 1.72. The number of carbonyl (C=O) groups is 1. The van der Waals surface area contributed by atoms with Gasteiger partial charge in [-0.3, -0.25) is 4.79 Å². The average molecular weight is 297 g/mol. The van der Waals surface area contributed by atoms with Crippen LogP contribution in [0.3, 0.4) is 0 Å². The molecule has 2 N–H and O–H groups in total. The minimum absolute atomic E-state index is 0.0175. The van der Waals surface area contributed by atoms with E-state index in [-0.39, 0.29) is 12.5 Å². The number of carbonyl (C=O) groups excluding carboxylic acids is 1. The van der Waals surface area contributed by atoms with E-state index in [2.05, 4.69) is 5.32 Å². The molecule has 1 atom stereocenters. The van der Waals surface area contributed by atoms with Crippen molar-refractivity contribution in [3.63, 3.8) is 0 Å². The number of hydrogen-bond acceptors (Lipinski definition) is 3. The zero-order valence-corrected chi connectivity index (χ0v) is 12.5. The number of benzene rings is 1. The lowest BCUT2D eigenvalue weighted by molar-refractivity contribution is 0.0785. The first-order valence-corrected chi connectivity index (χ1v) is 7.47. The lowest BCUT2D eigenvalue weighted by Gasteiger charge is -2.19. The van der Waals surface area contributed by atoms with Crippen LogP contribution in [0.5, 0.6) is 0 Å².